The maximum absolute atomic E-state index is 13.5. The molecule has 2 aromatic heterocycles. The molecule has 0 spiro atoms. The van der Waals surface area contributed by atoms with Gasteiger partial charge in [-0.2, -0.15) is 0 Å². The molecule has 4 aromatic rings. The fourth-order valence-electron chi connectivity index (χ4n) is 3.93. The predicted molar refractivity (Wildman–Crippen MR) is 136 cm³/mol. The fourth-order valence-corrected chi connectivity index (χ4v) is 4.84. The number of benzene rings is 2. The van der Waals surface area contributed by atoms with Crippen molar-refractivity contribution in [1.29, 1.82) is 0 Å². The lowest BCUT2D eigenvalue weighted by Crippen LogP contribution is -2.49. The summed E-state index contributed by atoms with van der Waals surface area (Å²) in [5, 5.41) is 0.606. The number of anilines is 1. The van der Waals surface area contributed by atoms with Gasteiger partial charge >= 0.3 is 0 Å². The van der Waals surface area contributed by atoms with Gasteiger partial charge in [0.15, 0.2) is 5.03 Å². The predicted octanol–water partition coefficient (Wildman–Crippen LogP) is 5.09. The molecule has 8 heteroatoms. The van der Waals surface area contributed by atoms with E-state index in [1.165, 1.54) is 11.8 Å². The lowest BCUT2D eigenvalue weighted by Gasteiger charge is -2.35. The van der Waals surface area contributed by atoms with Crippen LogP contribution in [0, 0.1) is 6.92 Å². The lowest BCUT2D eigenvalue weighted by atomic mass is 10.2. The first-order chi connectivity index (χ1) is 17.2. The van der Waals surface area contributed by atoms with Gasteiger partial charge in [0.05, 0.1) is 5.56 Å². The third kappa shape index (κ3) is 5.44. The molecule has 5 rings (SSSR count). The summed E-state index contributed by atoms with van der Waals surface area (Å²) >= 11 is 1.39. The molecule has 0 atom stereocenters. The fraction of sp³-hybridized carbons (Fsp3) is 0.185. The Kier molecular flexibility index (Phi) is 6.90. The summed E-state index contributed by atoms with van der Waals surface area (Å²) in [7, 11) is 0. The Morgan fingerprint density at radius 1 is 0.857 bits per heavy atom. The molecule has 0 radical (unpaired) electrons. The van der Waals surface area contributed by atoms with Crippen molar-refractivity contribution in [3.63, 3.8) is 0 Å². The van der Waals surface area contributed by atoms with Crippen LogP contribution in [0.5, 0.6) is 11.6 Å². The normalized spacial score (nSPS) is 13.5. The van der Waals surface area contributed by atoms with Crippen molar-refractivity contribution in [2.75, 3.05) is 31.1 Å². The number of aryl methyl sites for hydroxylation is 1. The monoisotopic (exact) mass is 483 g/mol. The zero-order chi connectivity index (χ0) is 24.0. The molecule has 1 saturated heterocycles. The number of pyridine rings is 1. The van der Waals surface area contributed by atoms with Crippen LogP contribution in [0.15, 0.2) is 95.2 Å². The van der Waals surface area contributed by atoms with Gasteiger partial charge in [0, 0.05) is 49.7 Å². The second kappa shape index (κ2) is 10.6. The van der Waals surface area contributed by atoms with Crippen LogP contribution in [0.1, 0.15) is 15.9 Å². The third-order valence-electron chi connectivity index (χ3n) is 5.70. The van der Waals surface area contributed by atoms with Crippen LogP contribution in [0.2, 0.25) is 0 Å². The maximum Gasteiger partial charge on any atom is 0.255 e. The number of carbonyl (C=O) groups excluding carboxylic acids is 1. The van der Waals surface area contributed by atoms with Gasteiger partial charge in [-0.15, -0.1) is 0 Å². The quantitative estimate of drug-likeness (QED) is 0.378. The number of amides is 1. The molecule has 1 fully saturated rings. The van der Waals surface area contributed by atoms with Gasteiger partial charge in [0.25, 0.3) is 11.8 Å². The molecule has 1 amide bonds. The highest BCUT2D eigenvalue weighted by molar-refractivity contribution is 7.99. The molecular formula is C27H25N5O2S. The summed E-state index contributed by atoms with van der Waals surface area (Å²) in [6.45, 7) is 4.78. The molecule has 176 valence electrons. The van der Waals surface area contributed by atoms with Gasteiger partial charge in [-0.3, -0.25) is 4.79 Å². The zero-order valence-electron chi connectivity index (χ0n) is 19.4. The van der Waals surface area contributed by atoms with Crippen LogP contribution in [0.25, 0.3) is 0 Å². The maximum atomic E-state index is 13.5. The minimum absolute atomic E-state index is 0.0128. The van der Waals surface area contributed by atoms with E-state index in [-0.39, 0.29) is 5.91 Å². The Bertz CT molecular complexity index is 1310. The highest BCUT2D eigenvalue weighted by Gasteiger charge is 2.25. The Labute approximate surface area is 208 Å². The van der Waals surface area contributed by atoms with E-state index in [1.54, 1.807) is 18.6 Å². The number of hydrogen-bond acceptors (Lipinski definition) is 7. The Morgan fingerprint density at radius 2 is 1.66 bits per heavy atom. The van der Waals surface area contributed by atoms with Crippen molar-refractivity contribution in [2.24, 2.45) is 0 Å². The average Bonchev–Trinajstić information content (AvgIpc) is 2.90. The summed E-state index contributed by atoms with van der Waals surface area (Å²) in [4.78, 5) is 31.7. The van der Waals surface area contributed by atoms with Gasteiger partial charge < -0.3 is 14.5 Å². The van der Waals surface area contributed by atoms with E-state index in [0.29, 0.717) is 35.3 Å². The number of nitrogens with zero attached hydrogens (tertiary/aromatic N) is 5. The number of rotatable bonds is 6. The summed E-state index contributed by atoms with van der Waals surface area (Å²) in [5.41, 5.74) is 1.75. The molecule has 35 heavy (non-hydrogen) atoms. The molecule has 0 saturated carbocycles. The highest BCUT2D eigenvalue weighted by atomic mass is 32.2. The molecule has 2 aromatic carbocycles. The number of hydrogen-bond donors (Lipinski definition) is 0. The van der Waals surface area contributed by atoms with Gasteiger partial charge in [-0.25, -0.2) is 15.0 Å². The molecule has 1 aliphatic rings. The van der Waals surface area contributed by atoms with Gasteiger partial charge in [0.2, 0.25) is 0 Å². The minimum Gasteiger partial charge on any atom is -0.437 e. The van der Waals surface area contributed by atoms with Gasteiger partial charge in [-0.05, 0) is 48.9 Å². The molecule has 7 nitrogen and oxygen atoms in total. The largest absolute Gasteiger partial charge is 0.437 e. The summed E-state index contributed by atoms with van der Waals surface area (Å²) < 4.78 is 6.03. The van der Waals surface area contributed by atoms with Crippen molar-refractivity contribution < 1.29 is 9.53 Å². The Hall–Kier alpha value is -3.91. The molecule has 0 aliphatic carbocycles. The Morgan fingerprint density at radius 3 is 2.46 bits per heavy atom. The van der Waals surface area contributed by atoms with Crippen LogP contribution in [-0.4, -0.2) is 51.9 Å². The van der Waals surface area contributed by atoms with Crippen molar-refractivity contribution >= 4 is 23.5 Å². The molecule has 1 aliphatic heterocycles. The lowest BCUT2D eigenvalue weighted by molar-refractivity contribution is 0.0743. The van der Waals surface area contributed by atoms with Crippen molar-refractivity contribution in [3.8, 4) is 11.6 Å². The van der Waals surface area contributed by atoms with E-state index < -0.39 is 0 Å². The standard InChI is InChI=1S/C27H25N5O2S/c1-20-7-6-8-21(19-20)34-25-26(30-14-13-29-25)35-23-10-3-2-9-22(23)27(33)32-17-15-31(16-18-32)24-11-4-5-12-28-24/h2-14,19H,15-18H2,1H3. The van der Waals surface area contributed by atoms with E-state index in [4.69, 9.17) is 4.74 Å². The van der Waals surface area contributed by atoms with Crippen molar-refractivity contribution in [3.05, 3.63) is 96.4 Å². The first-order valence-electron chi connectivity index (χ1n) is 11.4. The number of carbonyl (C=O) groups is 1. The summed E-state index contributed by atoms with van der Waals surface area (Å²) in [6.07, 6.45) is 5.03. The van der Waals surface area contributed by atoms with Gasteiger partial charge in [-0.1, -0.05) is 42.1 Å². The summed E-state index contributed by atoms with van der Waals surface area (Å²) in [5.74, 6) is 2.06. The smallest absolute Gasteiger partial charge is 0.255 e. The van der Waals surface area contributed by atoms with Crippen molar-refractivity contribution in [1.82, 2.24) is 19.9 Å². The zero-order valence-corrected chi connectivity index (χ0v) is 20.2. The van der Waals surface area contributed by atoms with Crippen LogP contribution in [-0.2, 0) is 0 Å². The molecule has 0 bridgehead atoms. The van der Waals surface area contributed by atoms with Crippen molar-refractivity contribution in [2.45, 2.75) is 16.8 Å². The van der Waals surface area contributed by atoms with Crippen LogP contribution < -0.4 is 9.64 Å². The number of piperazine rings is 1. The van der Waals surface area contributed by atoms with E-state index in [2.05, 4.69) is 19.9 Å². The Balaban J connectivity index is 1.32. The summed E-state index contributed by atoms with van der Waals surface area (Å²) in [6, 6.07) is 21.3. The second-order valence-corrected chi connectivity index (χ2v) is 9.18. The third-order valence-corrected chi connectivity index (χ3v) is 6.75. The van der Waals surface area contributed by atoms with E-state index >= 15 is 0 Å². The number of aromatic nitrogens is 3. The van der Waals surface area contributed by atoms with E-state index in [9.17, 15) is 4.79 Å². The molecule has 0 unspecified atom stereocenters. The highest BCUT2D eigenvalue weighted by Crippen LogP contribution is 2.36. The van der Waals surface area contributed by atoms with Crippen LogP contribution >= 0.6 is 11.8 Å². The molecular weight excluding hydrogens is 458 g/mol. The molecule has 3 heterocycles. The first-order valence-corrected chi connectivity index (χ1v) is 12.3. The average molecular weight is 484 g/mol. The van der Waals surface area contributed by atoms with E-state index in [0.717, 1.165) is 29.4 Å². The minimum atomic E-state index is 0.0128. The van der Waals surface area contributed by atoms with Crippen LogP contribution in [0.3, 0.4) is 0 Å². The first kappa shape index (κ1) is 22.9. The SMILES string of the molecule is Cc1cccc(Oc2nccnc2Sc2ccccc2C(=O)N2CCN(c3ccccn3)CC2)c1. The molecule has 0 N–H and O–H groups in total. The van der Waals surface area contributed by atoms with E-state index in [1.807, 2.05) is 78.6 Å². The van der Waals surface area contributed by atoms with Gasteiger partial charge in [0.1, 0.15) is 11.6 Å². The topological polar surface area (TPSA) is 71.5 Å². The second-order valence-electron chi connectivity index (χ2n) is 8.15. The van der Waals surface area contributed by atoms with Crippen LogP contribution in [0.4, 0.5) is 5.82 Å². The number of ether oxygens (including phenoxy) is 1.